The Morgan fingerprint density at radius 1 is 1.20 bits per heavy atom. The van der Waals surface area contributed by atoms with Crippen molar-refractivity contribution in [1.82, 2.24) is 9.97 Å². The number of likely N-dealkylation sites (N-methyl/N-ethyl adjacent to an activating group) is 1. The first-order chi connectivity index (χ1) is 19.2. The number of hydrogen-bond acceptors (Lipinski definition) is 6. The molecule has 0 bridgehead atoms. The molecule has 35 heavy (non-hydrogen) atoms. The molecule has 0 aliphatic carbocycles. The molecular weight excluding hydrogens is 468 g/mol. The number of aromatic amines is 1. The van der Waals surface area contributed by atoms with Gasteiger partial charge in [0.15, 0.2) is 5.78 Å². The number of benzene rings is 2. The number of nitrogens with zero attached hydrogens (tertiary/aromatic N) is 2. The molecule has 0 fully saturated rings. The van der Waals surface area contributed by atoms with Crippen molar-refractivity contribution >= 4 is 45.7 Å². The molecule has 178 valence electrons. The fourth-order valence-corrected chi connectivity index (χ4v) is 4.26. The van der Waals surface area contributed by atoms with Crippen LogP contribution in [-0.2, 0) is 9.53 Å². The van der Waals surface area contributed by atoms with Crippen LogP contribution in [-0.4, -0.2) is 47.8 Å². The zero-order chi connectivity index (χ0) is 29.7. The Morgan fingerprint density at radius 2 is 2.03 bits per heavy atom. The van der Waals surface area contributed by atoms with Crippen LogP contribution in [0.25, 0.3) is 11.0 Å². The highest BCUT2D eigenvalue weighted by atomic mass is 35.5. The molecule has 4 aromatic rings. The average Bonchev–Trinajstić information content (AvgIpc) is 3.32. The molecule has 2 N–H and O–H groups in total. The second kappa shape index (κ2) is 8.72. The summed E-state index contributed by atoms with van der Waals surface area (Å²) in [7, 11) is -2.84. The van der Waals surface area contributed by atoms with Gasteiger partial charge < -0.3 is 24.7 Å². The van der Waals surface area contributed by atoms with Gasteiger partial charge in [0.25, 0.3) is 5.91 Å². The SMILES string of the molecule is [2H]C([2H])([2H])OCC1(C)Nc2c(cnc3[nH]cc(C(=O)c4ccc(Oc5ccccc5)cc4Cl)c23)N(C([2H])([2H])[2H])C1=O. The average molecular weight is 497 g/mol. The Balaban J connectivity index is 1.58. The molecule has 5 rings (SSSR count). The lowest BCUT2D eigenvalue weighted by atomic mass is 9.95. The number of hydrogen-bond donors (Lipinski definition) is 2. The third-order valence-electron chi connectivity index (χ3n) is 5.77. The Hall–Kier alpha value is -3.88. The van der Waals surface area contributed by atoms with Crippen molar-refractivity contribution in [3.63, 3.8) is 0 Å². The van der Waals surface area contributed by atoms with Crippen molar-refractivity contribution in [3.05, 3.63) is 77.1 Å². The normalized spacial score (nSPS) is 20.5. The number of pyridine rings is 1. The smallest absolute Gasteiger partial charge is 0.254 e. The van der Waals surface area contributed by atoms with E-state index < -0.39 is 37.9 Å². The summed E-state index contributed by atoms with van der Waals surface area (Å²) in [5.74, 6) is -0.464. The minimum absolute atomic E-state index is 0.0899. The molecule has 8 nitrogen and oxygen atoms in total. The number of para-hydroxylation sites is 1. The number of halogens is 1. The molecule has 1 aliphatic heterocycles. The number of rotatable bonds is 6. The van der Waals surface area contributed by atoms with Gasteiger partial charge in [-0.3, -0.25) is 9.59 Å². The van der Waals surface area contributed by atoms with Gasteiger partial charge in [-0.1, -0.05) is 29.8 Å². The first-order valence-corrected chi connectivity index (χ1v) is 10.9. The molecule has 1 unspecified atom stereocenters. The maximum Gasteiger partial charge on any atom is 0.254 e. The molecular formula is C26H23ClN4O4. The van der Waals surface area contributed by atoms with Gasteiger partial charge >= 0.3 is 0 Å². The van der Waals surface area contributed by atoms with Gasteiger partial charge in [0.1, 0.15) is 22.7 Å². The number of anilines is 2. The molecule has 0 radical (unpaired) electrons. The van der Waals surface area contributed by atoms with E-state index in [2.05, 4.69) is 15.3 Å². The van der Waals surface area contributed by atoms with Crippen LogP contribution < -0.4 is 15.0 Å². The minimum atomic E-state index is -2.96. The van der Waals surface area contributed by atoms with Gasteiger partial charge in [0.05, 0.1) is 44.3 Å². The van der Waals surface area contributed by atoms with Gasteiger partial charge in [-0.05, 0) is 31.2 Å². The lowest BCUT2D eigenvalue weighted by Gasteiger charge is -2.40. The van der Waals surface area contributed by atoms with Crippen LogP contribution in [0.15, 0.2) is 60.9 Å². The molecule has 2 aromatic heterocycles. The van der Waals surface area contributed by atoms with Gasteiger partial charge in [0.2, 0.25) is 0 Å². The highest BCUT2D eigenvalue weighted by Crippen LogP contribution is 2.41. The molecule has 0 spiro atoms. The van der Waals surface area contributed by atoms with Gasteiger partial charge in [-0.15, -0.1) is 0 Å². The maximum atomic E-state index is 13.8. The lowest BCUT2D eigenvalue weighted by molar-refractivity contribution is -0.124. The molecule has 0 saturated heterocycles. The predicted octanol–water partition coefficient (Wildman–Crippen LogP) is 5.03. The second-order valence-corrected chi connectivity index (χ2v) is 8.62. The van der Waals surface area contributed by atoms with E-state index in [9.17, 15) is 9.59 Å². The number of ether oxygens (including phenoxy) is 2. The molecule has 1 aliphatic rings. The van der Waals surface area contributed by atoms with Crippen molar-refractivity contribution in [3.8, 4) is 11.5 Å². The first-order valence-electron chi connectivity index (χ1n) is 13.5. The predicted molar refractivity (Wildman–Crippen MR) is 135 cm³/mol. The summed E-state index contributed by atoms with van der Waals surface area (Å²) in [5, 5.41) is 3.24. The Kier molecular flexibility index (Phi) is 4.16. The minimum Gasteiger partial charge on any atom is -0.457 e. The zero-order valence-corrected chi connectivity index (χ0v) is 19.1. The van der Waals surface area contributed by atoms with E-state index in [1.165, 1.54) is 31.5 Å². The van der Waals surface area contributed by atoms with Crippen LogP contribution in [0.3, 0.4) is 0 Å². The summed E-state index contributed by atoms with van der Waals surface area (Å²) >= 11 is 6.49. The van der Waals surface area contributed by atoms with E-state index in [1.54, 1.807) is 18.2 Å². The van der Waals surface area contributed by atoms with Gasteiger partial charge in [-0.25, -0.2) is 4.98 Å². The summed E-state index contributed by atoms with van der Waals surface area (Å²) in [6.45, 7) is -2.31. The summed E-state index contributed by atoms with van der Waals surface area (Å²) in [6.07, 6.45) is 2.59. The van der Waals surface area contributed by atoms with E-state index in [4.69, 9.17) is 29.3 Å². The quantitative estimate of drug-likeness (QED) is 0.363. The number of H-pyrrole nitrogens is 1. The first kappa shape index (κ1) is 16.7. The van der Waals surface area contributed by atoms with Crippen LogP contribution in [0, 0.1) is 0 Å². The van der Waals surface area contributed by atoms with Crippen molar-refractivity contribution in [2.24, 2.45) is 0 Å². The number of nitrogens with one attached hydrogen (secondary N) is 2. The largest absolute Gasteiger partial charge is 0.457 e. The van der Waals surface area contributed by atoms with Crippen molar-refractivity contribution in [2.75, 3.05) is 30.8 Å². The van der Waals surface area contributed by atoms with E-state index in [0.717, 1.165) is 0 Å². The molecule has 0 saturated carbocycles. The van der Waals surface area contributed by atoms with E-state index in [1.807, 2.05) is 18.2 Å². The fraction of sp³-hybridized carbons (Fsp3) is 0.192. The molecule has 2 aromatic carbocycles. The lowest BCUT2D eigenvalue weighted by Crippen LogP contribution is -2.57. The summed E-state index contributed by atoms with van der Waals surface area (Å²) in [6, 6.07) is 13.6. The monoisotopic (exact) mass is 496 g/mol. The standard InChI is InChI=1S/C26H23ClN4O4/c1-26(14-34-3)25(33)31(2)20-13-29-24-21(22(20)30-26)18(12-28-24)23(32)17-10-9-16(11-19(17)27)35-15-7-5-4-6-8-15/h4-13,30H,14H2,1-3H3,(H,28,29)/i2D3,3D3. The highest BCUT2D eigenvalue weighted by Gasteiger charge is 2.42. The molecule has 1 atom stereocenters. The van der Waals surface area contributed by atoms with Crippen LogP contribution in [0.2, 0.25) is 5.02 Å². The third kappa shape index (κ3) is 3.90. The topological polar surface area (TPSA) is 96.5 Å². The number of carbonyl (C=O) groups excluding carboxylic acids is 2. The zero-order valence-electron chi connectivity index (χ0n) is 24.4. The number of amides is 1. The second-order valence-electron chi connectivity index (χ2n) is 8.22. The molecule has 3 heterocycles. The number of carbonyl (C=O) groups is 2. The van der Waals surface area contributed by atoms with Crippen LogP contribution in [0.4, 0.5) is 11.4 Å². The van der Waals surface area contributed by atoms with Crippen LogP contribution in [0.5, 0.6) is 11.5 Å². The van der Waals surface area contributed by atoms with Crippen molar-refractivity contribution < 1.29 is 27.3 Å². The Labute approximate surface area is 215 Å². The third-order valence-corrected chi connectivity index (χ3v) is 6.08. The fourth-order valence-electron chi connectivity index (χ4n) is 4.00. The summed E-state index contributed by atoms with van der Waals surface area (Å²) in [5.41, 5.74) is -1.38. The van der Waals surface area contributed by atoms with Gasteiger partial charge in [0, 0.05) is 36.0 Å². The Morgan fingerprint density at radius 3 is 2.77 bits per heavy atom. The van der Waals surface area contributed by atoms with Crippen molar-refractivity contribution in [1.29, 1.82) is 0 Å². The van der Waals surface area contributed by atoms with Gasteiger partial charge in [-0.2, -0.15) is 0 Å². The summed E-state index contributed by atoms with van der Waals surface area (Å²) < 4.78 is 56.9. The molecule has 9 heteroatoms. The number of ketones is 1. The Bertz CT molecular complexity index is 1660. The number of methoxy groups -OCH3 is 1. The van der Waals surface area contributed by atoms with Crippen molar-refractivity contribution in [2.45, 2.75) is 12.5 Å². The maximum absolute atomic E-state index is 13.8. The number of aromatic nitrogens is 2. The number of fused-ring (bicyclic) bond motifs is 3. The van der Waals surface area contributed by atoms with Crippen LogP contribution in [0.1, 0.15) is 31.1 Å². The van der Waals surface area contributed by atoms with E-state index >= 15 is 0 Å². The van der Waals surface area contributed by atoms with E-state index in [-0.39, 0.29) is 38.6 Å². The molecule has 1 amide bonds. The van der Waals surface area contributed by atoms with E-state index in [0.29, 0.717) is 16.4 Å². The van der Waals surface area contributed by atoms with Crippen LogP contribution >= 0.6 is 11.6 Å². The highest BCUT2D eigenvalue weighted by molar-refractivity contribution is 6.36. The summed E-state index contributed by atoms with van der Waals surface area (Å²) in [4.78, 5) is 34.9.